The van der Waals surface area contributed by atoms with Gasteiger partial charge in [-0.2, -0.15) is 15.8 Å². The molecule has 0 radical (unpaired) electrons. The van der Waals surface area contributed by atoms with Gasteiger partial charge < -0.3 is 4.90 Å². The molecule has 58 valence electrons. The Morgan fingerprint density at radius 3 is 2.50 bits per heavy atom. The minimum absolute atomic E-state index is 0.118. The predicted molar refractivity (Wildman–Crippen MR) is 38.3 cm³/mol. The summed E-state index contributed by atoms with van der Waals surface area (Å²) in [7, 11) is 0. The van der Waals surface area contributed by atoms with E-state index in [4.69, 9.17) is 15.8 Å². The Bertz CT molecular complexity index is 312. The molecule has 0 aromatic carbocycles. The second-order valence-electron chi connectivity index (χ2n) is 2.14. The zero-order valence-electron chi connectivity index (χ0n) is 6.18. The maximum Gasteiger partial charge on any atom is 0.204 e. The van der Waals surface area contributed by atoms with E-state index < -0.39 is 6.17 Å². The van der Waals surface area contributed by atoms with Crippen LogP contribution in [0.25, 0.3) is 0 Å². The van der Waals surface area contributed by atoms with Crippen molar-refractivity contribution in [1.82, 2.24) is 9.80 Å². The van der Waals surface area contributed by atoms with E-state index >= 15 is 0 Å². The molecule has 1 rings (SSSR count). The first-order valence-electron chi connectivity index (χ1n) is 3.22. The van der Waals surface area contributed by atoms with Gasteiger partial charge in [0.2, 0.25) is 6.17 Å². The fourth-order valence-electron chi connectivity index (χ4n) is 0.925. The fourth-order valence-corrected chi connectivity index (χ4v) is 0.925. The molecule has 0 aliphatic carbocycles. The lowest BCUT2D eigenvalue weighted by Gasteiger charge is -2.18. The summed E-state index contributed by atoms with van der Waals surface area (Å²) in [6.45, 7) is 0.118. The quantitative estimate of drug-likeness (QED) is 0.395. The average Bonchev–Trinajstić information content (AvgIpc) is 2.47. The van der Waals surface area contributed by atoms with Crippen molar-refractivity contribution < 1.29 is 0 Å². The summed E-state index contributed by atoms with van der Waals surface area (Å²) in [6.07, 6.45) is 4.20. The molecule has 0 saturated carbocycles. The molecule has 1 heterocycles. The van der Waals surface area contributed by atoms with E-state index in [1.165, 1.54) is 16.0 Å². The van der Waals surface area contributed by atoms with E-state index in [2.05, 4.69) is 0 Å². The summed E-state index contributed by atoms with van der Waals surface area (Å²) in [5.74, 6) is 0. The first-order chi connectivity index (χ1) is 5.83. The average molecular weight is 159 g/mol. The Morgan fingerprint density at radius 2 is 2.00 bits per heavy atom. The molecule has 1 aliphatic heterocycles. The van der Waals surface area contributed by atoms with Gasteiger partial charge in [0.1, 0.15) is 12.6 Å². The molecule has 0 aromatic heterocycles. The Balaban J connectivity index is 2.74. The Labute approximate surface area is 69.9 Å². The molecular weight excluding hydrogens is 154 g/mol. The standard InChI is InChI=1S/C7H5N5/c8-1-2-11-3-4-12(6-10)7(11)5-9/h3-4,7H,2H2. The van der Waals surface area contributed by atoms with Crippen LogP contribution in [0.4, 0.5) is 0 Å². The smallest absolute Gasteiger partial charge is 0.204 e. The molecule has 0 fully saturated rings. The lowest BCUT2D eigenvalue weighted by atomic mass is 10.4. The van der Waals surface area contributed by atoms with Crippen molar-refractivity contribution in [3.8, 4) is 18.3 Å². The molecule has 5 nitrogen and oxygen atoms in total. The largest absolute Gasteiger partial charge is 0.330 e. The van der Waals surface area contributed by atoms with E-state index in [0.717, 1.165) is 0 Å². The van der Waals surface area contributed by atoms with Crippen LogP contribution in [0.1, 0.15) is 0 Å². The van der Waals surface area contributed by atoms with Crippen molar-refractivity contribution in [3.63, 3.8) is 0 Å². The van der Waals surface area contributed by atoms with Crippen LogP contribution in [-0.2, 0) is 0 Å². The zero-order valence-corrected chi connectivity index (χ0v) is 6.18. The van der Waals surface area contributed by atoms with Gasteiger partial charge in [0.25, 0.3) is 0 Å². The molecule has 0 aromatic rings. The van der Waals surface area contributed by atoms with Crippen LogP contribution in [-0.4, -0.2) is 22.5 Å². The molecule has 5 heteroatoms. The van der Waals surface area contributed by atoms with Crippen LogP contribution >= 0.6 is 0 Å². The minimum Gasteiger partial charge on any atom is -0.330 e. The van der Waals surface area contributed by atoms with Gasteiger partial charge in [-0.25, -0.2) is 4.90 Å². The van der Waals surface area contributed by atoms with E-state index in [1.807, 2.05) is 18.3 Å². The van der Waals surface area contributed by atoms with Crippen molar-refractivity contribution in [2.24, 2.45) is 0 Å². The number of hydrogen-bond acceptors (Lipinski definition) is 5. The van der Waals surface area contributed by atoms with Crippen LogP contribution < -0.4 is 0 Å². The molecule has 12 heavy (non-hydrogen) atoms. The van der Waals surface area contributed by atoms with Crippen LogP contribution in [0.2, 0.25) is 0 Å². The second-order valence-corrected chi connectivity index (χ2v) is 2.14. The molecular formula is C7H5N5. The zero-order chi connectivity index (χ0) is 8.97. The van der Waals surface area contributed by atoms with Gasteiger partial charge in [0.05, 0.1) is 6.07 Å². The summed E-state index contributed by atoms with van der Waals surface area (Å²) < 4.78 is 0. The van der Waals surface area contributed by atoms with E-state index in [9.17, 15) is 0 Å². The van der Waals surface area contributed by atoms with Gasteiger partial charge >= 0.3 is 0 Å². The van der Waals surface area contributed by atoms with Gasteiger partial charge in [-0.05, 0) is 0 Å². The van der Waals surface area contributed by atoms with Gasteiger partial charge in [0.15, 0.2) is 6.19 Å². The third-order valence-electron chi connectivity index (χ3n) is 1.48. The van der Waals surface area contributed by atoms with Gasteiger partial charge in [0, 0.05) is 12.4 Å². The highest BCUT2D eigenvalue weighted by atomic mass is 15.4. The highest BCUT2D eigenvalue weighted by molar-refractivity contribution is 5.11. The van der Waals surface area contributed by atoms with Crippen LogP contribution in [0.5, 0.6) is 0 Å². The number of rotatable bonds is 1. The summed E-state index contributed by atoms with van der Waals surface area (Å²) in [6, 6.07) is 3.82. The fraction of sp³-hybridized carbons (Fsp3) is 0.286. The maximum atomic E-state index is 8.63. The van der Waals surface area contributed by atoms with Crippen LogP contribution in [0, 0.1) is 34.1 Å². The van der Waals surface area contributed by atoms with E-state index in [-0.39, 0.29) is 6.54 Å². The molecule has 0 saturated heterocycles. The summed E-state index contributed by atoms with van der Waals surface area (Å²) in [5, 5.41) is 25.5. The summed E-state index contributed by atoms with van der Waals surface area (Å²) in [5.41, 5.74) is 0. The molecule has 0 amide bonds. The topological polar surface area (TPSA) is 77.8 Å². The van der Waals surface area contributed by atoms with Gasteiger partial charge in [-0.1, -0.05) is 0 Å². The van der Waals surface area contributed by atoms with E-state index in [1.54, 1.807) is 6.20 Å². The monoisotopic (exact) mass is 159 g/mol. The van der Waals surface area contributed by atoms with Crippen molar-refractivity contribution in [3.05, 3.63) is 12.4 Å². The Morgan fingerprint density at radius 1 is 1.25 bits per heavy atom. The van der Waals surface area contributed by atoms with Crippen molar-refractivity contribution in [2.45, 2.75) is 6.17 Å². The van der Waals surface area contributed by atoms with Crippen molar-refractivity contribution in [1.29, 1.82) is 15.8 Å². The SMILES string of the molecule is N#CCN1C=CN(C#N)C1C#N. The highest BCUT2D eigenvalue weighted by Crippen LogP contribution is 2.12. The summed E-state index contributed by atoms with van der Waals surface area (Å²) >= 11 is 0. The van der Waals surface area contributed by atoms with Gasteiger partial charge in [-0.3, -0.25) is 0 Å². The molecule has 0 bridgehead atoms. The molecule has 1 atom stereocenters. The molecule has 1 aliphatic rings. The molecule has 0 spiro atoms. The van der Waals surface area contributed by atoms with Gasteiger partial charge in [-0.15, -0.1) is 0 Å². The Hall–Kier alpha value is -2.19. The van der Waals surface area contributed by atoms with Crippen LogP contribution in [0.15, 0.2) is 12.4 Å². The minimum atomic E-state index is -0.658. The lowest BCUT2D eigenvalue weighted by molar-refractivity contribution is 0.276. The number of hydrogen-bond donors (Lipinski definition) is 0. The first kappa shape index (κ1) is 7.91. The third-order valence-corrected chi connectivity index (χ3v) is 1.48. The molecule has 1 unspecified atom stereocenters. The first-order valence-corrected chi connectivity index (χ1v) is 3.22. The number of nitrogens with zero attached hydrogens (tertiary/aromatic N) is 5. The van der Waals surface area contributed by atoms with Crippen LogP contribution in [0.3, 0.4) is 0 Å². The van der Waals surface area contributed by atoms with Crippen molar-refractivity contribution >= 4 is 0 Å². The normalized spacial score (nSPS) is 19.9. The second kappa shape index (κ2) is 3.27. The third kappa shape index (κ3) is 1.14. The predicted octanol–water partition coefficient (Wildman–Crippen LogP) is -0.0705. The number of nitriles is 3. The highest BCUT2D eigenvalue weighted by Gasteiger charge is 2.25. The lowest BCUT2D eigenvalue weighted by Crippen LogP contribution is -2.34. The van der Waals surface area contributed by atoms with Crippen molar-refractivity contribution in [2.75, 3.05) is 6.54 Å². The van der Waals surface area contributed by atoms with E-state index in [0.29, 0.717) is 0 Å². The summed E-state index contributed by atoms with van der Waals surface area (Å²) in [4.78, 5) is 2.68. The molecule has 0 N–H and O–H groups in total. The maximum absolute atomic E-state index is 8.63. The Kier molecular flexibility index (Phi) is 2.16.